The normalized spacial score (nSPS) is 23.1. The van der Waals surface area contributed by atoms with Gasteiger partial charge in [0, 0.05) is 38.2 Å². The highest BCUT2D eigenvalue weighted by molar-refractivity contribution is 5.99. The molecule has 0 saturated carbocycles. The molecule has 2 fully saturated rings. The first-order valence-electron chi connectivity index (χ1n) is 12.0. The highest BCUT2D eigenvalue weighted by atomic mass is 16.5. The van der Waals surface area contributed by atoms with Gasteiger partial charge < -0.3 is 19.7 Å². The van der Waals surface area contributed by atoms with E-state index in [0.717, 1.165) is 30.7 Å². The Morgan fingerprint density at radius 3 is 3.09 bits per heavy atom. The minimum Gasteiger partial charge on any atom is -0.493 e. The van der Waals surface area contributed by atoms with E-state index in [9.17, 15) is 14.4 Å². The molecule has 2 saturated heterocycles. The summed E-state index contributed by atoms with van der Waals surface area (Å²) in [5.74, 6) is 1.28. The zero-order chi connectivity index (χ0) is 23.9. The number of nitrogens with zero attached hydrogens (tertiary/aromatic N) is 3. The van der Waals surface area contributed by atoms with Crippen LogP contribution >= 0.6 is 0 Å². The maximum atomic E-state index is 13.1. The van der Waals surface area contributed by atoms with Crippen molar-refractivity contribution in [2.45, 2.75) is 25.4 Å². The molecule has 10 nitrogen and oxygen atoms in total. The van der Waals surface area contributed by atoms with Gasteiger partial charge in [0.25, 0.3) is 5.91 Å². The fourth-order valence-corrected chi connectivity index (χ4v) is 5.50. The Labute approximate surface area is 201 Å². The Hall–Kier alpha value is -3.66. The Balaban J connectivity index is 1.08. The van der Waals surface area contributed by atoms with Crippen molar-refractivity contribution >= 4 is 17.5 Å². The van der Waals surface area contributed by atoms with Crippen LogP contribution in [0.1, 0.15) is 27.9 Å². The Kier molecular flexibility index (Phi) is 5.52. The lowest BCUT2D eigenvalue weighted by Crippen LogP contribution is -2.47. The second-order valence-corrected chi connectivity index (χ2v) is 9.50. The van der Waals surface area contributed by atoms with Crippen molar-refractivity contribution in [3.63, 3.8) is 0 Å². The summed E-state index contributed by atoms with van der Waals surface area (Å²) in [6.07, 6.45) is 3.56. The summed E-state index contributed by atoms with van der Waals surface area (Å²) < 4.78 is 12.9. The van der Waals surface area contributed by atoms with Crippen LogP contribution in [0, 0.1) is 11.8 Å². The van der Waals surface area contributed by atoms with E-state index in [1.54, 1.807) is 18.3 Å². The van der Waals surface area contributed by atoms with Crippen molar-refractivity contribution in [2.24, 2.45) is 11.8 Å². The third kappa shape index (κ3) is 4.07. The molecule has 0 bridgehead atoms. The lowest BCUT2D eigenvalue weighted by molar-refractivity contribution is -0.133. The number of pyridine rings is 1. The largest absolute Gasteiger partial charge is 0.493 e. The fraction of sp³-hybridized carbons (Fsp3) is 0.440. The molecule has 3 aliphatic heterocycles. The summed E-state index contributed by atoms with van der Waals surface area (Å²) >= 11 is 0. The van der Waals surface area contributed by atoms with E-state index in [0.29, 0.717) is 44.2 Å². The number of benzene rings is 1. The molecule has 5 heterocycles. The smallest absolute Gasteiger partial charge is 0.347 e. The van der Waals surface area contributed by atoms with E-state index in [4.69, 9.17) is 9.47 Å². The van der Waals surface area contributed by atoms with Crippen LogP contribution in [0.15, 0.2) is 41.3 Å². The summed E-state index contributed by atoms with van der Waals surface area (Å²) in [5, 5.41) is 9.24. The first kappa shape index (κ1) is 21.8. The molecule has 6 rings (SSSR count). The maximum Gasteiger partial charge on any atom is 0.347 e. The second-order valence-electron chi connectivity index (χ2n) is 9.50. The molecule has 182 valence electrons. The third-order valence-electron chi connectivity index (χ3n) is 7.42. The number of amides is 2. The number of hydrogen-bond acceptors (Lipinski definition) is 6. The van der Waals surface area contributed by atoms with Crippen LogP contribution in [-0.4, -0.2) is 70.3 Å². The summed E-state index contributed by atoms with van der Waals surface area (Å²) in [5.41, 5.74) is 2.40. The molecule has 0 unspecified atom stereocenters. The molecule has 2 amide bonds. The van der Waals surface area contributed by atoms with Crippen LogP contribution in [0.5, 0.6) is 5.75 Å². The van der Waals surface area contributed by atoms with Crippen LogP contribution in [0.25, 0.3) is 5.65 Å². The van der Waals surface area contributed by atoms with Gasteiger partial charge >= 0.3 is 5.69 Å². The number of H-pyrrole nitrogens is 1. The molecule has 0 aliphatic carbocycles. The molecule has 1 aromatic carbocycles. The minimum atomic E-state index is -0.392. The van der Waals surface area contributed by atoms with Gasteiger partial charge in [0.05, 0.1) is 31.3 Å². The van der Waals surface area contributed by atoms with E-state index in [1.165, 1.54) is 9.96 Å². The molecular weight excluding hydrogens is 450 g/mol. The number of rotatable bonds is 5. The van der Waals surface area contributed by atoms with Crippen molar-refractivity contribution < 1.29 is 19.1 Å². The summed E-state index contributed by atoms with van der Waals surface area (Å²) in [7, 11) is 0. The number of nitrogens with one attached hydrogen (secondary N) is 2. The average Bonchev–Trinajstić information content (AvgIpc) is 3.60. The predicted molar refractivity (Wildman–Crippen MR) is 125 cm³/mol. The molecular formula is C25H27N5O5. The summed E-state index contributed by atoms with van der Waals surface area (Å²) in [6.45, 7) is 3.04. The predicted octanol–water partition coefficient (Wildman–Crippen LogP) is 0.793. The number of ether oxygens (including phenoxy) is 2. The molecule has 2 N–H and O–H groups in total. The molecule has 3 aliphatic rings. The van der Waals surface area contributed by atoms with Crippen molar-refractivity contribution in [3.05, 3.63) is 63.7 Å². The van der Waals surface area contributed by atoms with Gasteiger partial charge in [-0.05, 0) is 41.7 Å². The molecule has 2 aromatic heterocycles. The van der Waals surface area contributed by atoms with Gasteiger partial charge in [-0.3, -0.25) is 9.59 Å². The van der Waals surface area contributed by atoms with Crippen molar-refractivity contribution in [1.29, 1.82) is 0 Å². The standard InChI is InChI=1S/C25H27N5O5/c31-22(11-15-3-4-20-16(10-15)6-9-34-20)29-8-5-17-14-35-21(19(17)13-29)12-26-24(32)18-2-1-7-30-23(18)27-28-25(30)33/h1-4,7,10,17,19,21H,5-6,8-9,11-14H2,(H,26,32)(H,28,33)/t17-,19+,21+/m0/s1. The fourth-order valence-electron chi connectivity index (χ4n) is 5.50. The Bertz CT molecular complexity index is 1350. The quantitative estimate of drug-likeness (QED) is 0.561. The van der Waals surface area contributed by atoms with Gasteiger partial charge in [0.2, 0.25) is 5.91 Å². The number of hydrogen-bond donors (Lipinski definition) is 2. The summed E-state index contributed by atoms with van der Waals surface area (Å²) in [4.78, 5) is 39.6. The maximum absolute atomic E-state index is 13.1. The monoisotopic (exact) mass is 477 g/mol. The minimum absolute atomic E-state index is 0.118. The number of carbonyl (C=O) groups is 2. The van der Waals surface area contributed by atoms with Gasteiger partial charge in [-0.2, -0.15) is 5.10 Å². The molecule has 3 aromatic rings. The van der Waals surface area contributed by atoms with Gasteiger partial charge in [-0.15, -0.1) is 0 Å². The number of likely N-dealkylation sites (tertiary alicyclic amines) is 1. The molecule has 35 heavy (non-hydrogen) atoms. The highest BCUT2D eigenvalue weighted by Gasteiger charge is 2.42. The van der Waals surface area contributed by atoms with Crippen LogP contribution in [0.4, 0.5) is 0 Å². The second kappa shape index (κ2) is 8.84. The van der Waals surface area contributed by atoms with Crippen LogP contribution in [0.2, 0.25) is 0 Å². The van der Waals surface area contributed by atoms with E-state index >= 15 is 0 Å². The number of aromatic nitrogens is 3. The van der Waals surface area contributed by atoms with Crippen LogP contribution in [0.3, 0.4) is 0 Å². The topological polar surface area (TPSA) is 118 Å². The van der Waals surface area contributed by atoms with Gasteiger partial charge in [-0.25, -0.2) is 14.3 Å². The molecule has 3 atom stereocenters. The first-order valence-corrected chi connectivity index (χ1v) is 12.0. The van der Waals surface area contributed by atoms with Gasteiger partial charge in [0.15, 0.2) is 5.65 Å². The number of piperidine rings is 1. The molecule has 0 spiro atoms. The first-order chi connectivity index (χ1) is 17.1. The number of fused-ring (bicyclic) bond motifs is 3. The lowest BCUT2D eigenvalue weighted by atomic mass is 9.84. The van der Waals surface area contributed by atoms with Crippen molar-refractivity contribution in [3.8, 4) is 5.75 Å². The summed E-state index contributed by atoms with van der Waals surface area (Å²) in [6, 6.07) is 9.29. The van der Waals surface area contributed by atoms with Crippen LogP contribution in [-0.2, 0) is 22.4 Å². The molecule has 10 heteroatoms. The highest BCUT2D eigenvalue weighted by Crippen LogP contribution is 2.34. The van der Waals surface area contributed by atoms with Crippen molar-refractivity contribution in [1.82, 2.24) is 24.8 Å². The van der Waals surface area contributed by atoms with Crippen molar-refractivity contribution in [2.75, 3.05) is 32.8 Å². The van der Waals surface area contributed by atoms with E-state index in [2.05, 4.69) is 21.6 Å². The van der Waals surface area contributed by atoms with E-state index in [1.807, 2.05) is 17.0 Å². The zero-order valence-corrected chi connectivity index (χ0v) is 19.2. The van der Waals surface area contributed by atoms with E-state index in [-0.39, 0.29) is 29.5 Å². The van der Waals surface area contributed by atoms with E-state index < -0.39 is 5.69 Å². The number of aromatic amines is 1. The molecule has 0 radical (unpaired) electrons. The van der Waals surface area contributed by atoms with Crippen LogP contribution < -0.4 is 15.7 Å². The Morgan fingerprint density at radius 2 is 2.17 bits per heavy atom. The zero-order valence-electron chi connectivity index (χ0n) is 19.2. The Morgan fingerprint density at radius 1 is 1.26 bits per heavy atom. The lowest BCUT2D eigenvalue weighted by Gasteiger charge is -2.36. The van der Waals surface area contributed by atoms with Gasteiger partial charge in [0.1, 0.15) is 5.75 Å². The SMILES string of the molecule is O=C(NC[C@H]1OC[C@@H]2CCN(C(=O)Cc3ccc4c(c3)CCO4)C[C@H]21)c1cccn2c(=O)[nH]nc12. The van der Waals surface area contributed by atoms with Gasteiger partial charge in [-0.1, -0.05) is 12.1 Å². The number of carbonyl (C=O) groups excluding carboxylic acids is 2. The average molecular weight is 478 g/mol. The third-order valence-corrected chi connectivity index (χ3v) is 7.42.